The van der Waals surface area contributed by atoms with Gasteiger partial charge < -0.3 is 25.9 Å². The Kier molecular flexibility index (Phi) is 8.01. The molecular formula is C23H27ClF3N5O4. The molecule has 9 nitrogen and oxygen atoms in total. The number of aromatic nitrogens is 2. The van der Waals surface area contributed by atoms with Crippen molar-refractivity contribution in [2.24, 2.45) is 0 Å². The third kappa shape index (κ3) is 6.56. The largest absolute Gasteiger partial charge is 0.480 e. The first kappa shape index (κ1) is 27.5. The molecule has 0 saturated carbocycles. The minimum atomic E-state index is -4.95. The van der Waals surface area contributed by atoms with Crippen LogP contribution in [0.1, 0.15) is 20.8 Å². The van der Waals surface area contributed by atoms with E-state index in [4.69, 9.17) is 27.2 Å². The molecule has 2 unspecified atom stereocenters. The van der Waals surface area contributed by atoms with Crippen molar-refractivity contribution >= 4 is 51.0 Å². The zero-order valence-electron chi connectivity index (χ0n) is 19.8. The zero-order chi connectivity index (χ0) is 26.8. The number of nitrogens with one attached hydrogen (secondary N) is 2. The number of morpholine rings is 1. The van der Waals surface area contributed by atoms with E-state index in [1.165, 1.54) is 11.8 Å². The summed E-state index contributed by atoms with van der Waals surface area (Å²) in [6, 6.07) is 3.82. The Morgan fingerprint density at radius 1 is 1.39 bits per heavy atom. The molecule has 3 aromatic rings. The van der Waals surface area contributed by atoms with E-state index in [-0.39, 0.29) is 19.7 Å². The zero-order valence-corrected chi connectivity index (χ0v) is 20.6. The van der Waals surface area contributed by atoms with Crippen LogP contribution < -0.4 is 11.1 Å². The fraction of sp³-hybridized carbons (Fsp3) is 0.435. The number of fused-ring (bicyclic) bond motifs is 3. The van der Waals surface area contributed by atoms with Gasteiger partial charge >= 0.3 is 18.1 Å². The molecule has 1 saturated heterocycles. The average molecular weight is 530 g/mol. The number of aliphatic carboxylic acids is 1. The molecule has 5 N–H and O–H groups in total. The lowest BCUT2D eigenvalue weighted by Crippen LogP contribution is -2.60. The van der Waals surface area contributed by atoms with Crippen LogP contribution in [0.3, 0.4) is 0 Å². The number of nitrogen functional groups attached to an aromatic ring is 1. The summed E-state index contributed by atoms with van der Waals surface area (Å²) in [4.78, 5) is 30.8. The summed E-state index contributed by atoms with van der Waals surface area (Å²) in [5, 5.41) is 13.7. The van der Waals surface area contributed by atoms with Crippen LogP contribution in [-0.2, 0) is 14.3 Å². The van der Waals surface area contributed by atoms with Crippen molar-refractivity contribution in [2.45, 2.75) is 44.6 Å². The number of pyridine rings is 1. The second kappa shape index (κ2) is 10.5. The predicted octanol–water partition coefficient (Wildman–Crippen LogP) is 3.57. The maximum atomic E-state index is 12.2. The van der Waals surface area contributed by atoms with E-state index >= 15 is 0 Å². The number of alkyl halides is 3. The number of rotatable bonds is 4. The highest BCUT2D eigenvalue weighted by Crippen LogP contribution is 2.31. The lowest BCUT2D eigenvalue weighted by Gasteiger charge is -2.42. The number of anilines is 1. The highest BCUT2D eigenvalue weighted by atomic mass is 35.5. The van der Waals surface area contributed by atoms with Gasteiger partial charge in [0.1, 0.15) is 6.04 Å². The third-order valence-corrected chi connectivity index (χ3v) is 5.81. The van der Waals surface area contributed by atoms with Gasteiger partial charge in [-0.25, -0.2) is 0 Å². The van der Waals surface area contributed by atoms with Gasteiger partial charge in [-0.05, 0) is 39.0 Å². The van der Waals surface area contributed by atoms with Gasteiger partial charge in [0, 0.05) is 41.1 Å². The highest BCUT2D eigenvalue weighted by molar-refractivity contribution is 6.32. The number of carbonyl (C=O) groups is 2. The van der Waals surface area contributed by atoms with Gasteiger partial charge in [0.2, 0.25) is 0 Å². The molecule has 2 atom stereocenters. The van der Waals surface area contributed by atoms with Gasteiger partial charge in [-0.1, -0.05) is 11.6 Å². The molecule has 2 aromatic heterocycles. The number of nitrogens with two attached hydrogens (primary N) is 1. The maximum Gasteiger partial charge on any atom is 0.471 e. The number of benzene rings is 1. The lowest BCUT2D eigenvalue weighted by molar-refractivity contribution is -0.175. The molecular weight excluding hydrogens is 503 g/mol. The molecule has 3 heterocycles. The van der Waals surface area contributed by atoms with E-state index in [9.17, 15) is 22.8 Å². The SMILES string of the molecule is CC(CN1CC(C)(C)OCC1C(=O)O)NC(=O)C(F)(F)F.Nc1cc(Cl)cc2c1[nH]c1cnccc12. The first-order chi connectivity index (χ1) is 16.7. The van der Waals surface area contributed by atoms with E-state index in [1.54, 1.807) is 32.3 Å². The number of ether oxygens (including phenoxy) is 1. The molecule has 1 aromatic carbocycles. The minimum absolute atomic E-state index is 0.00836. The monoisotopic (exact) mass is 529 g/mol. The summed E-state index contributed by atoms with van der Waals surface area (Å²) in [7, 11) is 0. The molecule has 0 aliphatic carbocycles. The first-order valence-electron chi connectivity index (χ1n) is 11.0. The molecule has 13 heteroatoms. The van der Waals surface area contributed by atoms with E-state index in [0.717, 1.165) is 21.8 Å². The van der Waals surface area contributed by atoms with E-state index in [2.05, 4.69) is 9.97 Å². The van der Waals surface area contributed by atoms with Crippen molar-refractivity contribution in [3.63, 3.8) is 0 Å². The average Bonchev–Trinajstić information content (AvgIpc) is 3.12. The Morgan fingerprint density at radius 2 is 2.08 bits per heavy atom. The van der Waals surface area contributed by atoms with Gasteiger partial charge in [-0.15, -0.1) is 0 Å². The molecule has 0 radical (unpaired) electrons. The van der Waals surface area contributed by atoms with Crippen LogP contribution in [0.2, 0.25) is 5.02 Å². The van der Waals surface area contributed by atoms with Crippen molar-refractivity contribution in [1.82, 2.24) is 20.2 Å². The second-order valence-corrected chi connectivity index (χ2v) is 9.63. The van der Waals surface area contributed by atoms with Crippen LogP contribution in [-0.4, -0.2) is 75.4 Å². The first-order valence-corrected chi connectivity index (χ1v) is 11.3. The Bertz CT molecular complexity index is 1260. The molecule has 36 heavy (non-hydrogen) atoms. The van der Waals surface area contributed by atoms with Crippen LogP contribution >= 0.6 is 11.6 Å². The Hall–Kier alpha value is -3.09. The summed E-state index contributed by atoms with van der Waals surface area (Å²) >= 11 is 5.97. The normalized spacial score (nSPS) is 18.9. The van der Waals surface area contributed by atoms with Crippen molar-refractivity contribution < 1.29 is 32.6 Å². The number of carbonyl (C=O) groups excluding carboxylic acids is 1. The number of H-pyrrole nitrogens is 1. The number of carboxylic acids is 1. The number of hydrogen-bond donors (Lipinski definition) is 4. The number of aromatic amines is 1. The number of nitrogens with zero attached hydrogens (tertiary/aromatic N) is 2. The maximum absolute atomic E-state index is 12.2. The Balaban J connectivity index is 0.000000210. The smallest absolute Gasteiger partial charge is 0.471 e. The van der Waals surface area contributed by atoms with Crippen molar-refractivity contribution in [1.29, 1.82) is 0 Å². The number of amides is 1. The summed E-state index contributed by atoms with van der Waals surface area (Å²) in [6.45, 7) is 5.10. The summed E-state index contributed by atoms with van der Waals surface area (Å²) < 4.78 is 41.9. The Labute approximate surface area is 209 Å². The van der Waals surface area contributed by atoms with Crippen LogP contribution in [0.25, 0.3) is 21.8 Å². The van der Waals surface area contributed by atoms with Gasteiger partial charge in [-0.3, -0.25) is 19.5 Å². The highest BCUT2D eigenvalue weighted by Gasteiger charge is 2.41. The second-order valence-electron chi connectivity index (χ2n) is 9.19. The van der Waals surface area contributed by atoms with Crippen LogP contribution in [0.15, 0.2) is 30.6 Å². The number of hydrogen-bond acceptors (Lipinski definition) is 6. The topological polar surface area (TPSA) is 134 Å². The van der Waals surface area contributed by atoms with E-state index in [1.807, 2.05) is 17.4 Å². The quantitative estimate of drug-likeness (QED) is 0.380. The Morgan fingerprint density at radius 3 is 2.72 bits per heavy atom. The molecule has 1 aliphatic rings. The molecule has 1 aliphatic heterocycles. The fourth-order valence-corrected chi connectivity index (χ4v) is 4.25. The molecule has 0 spiro atoms. The van der Waals surface area contributed by atoms with Crippen molar-refractivity contribution in [2.75, 3.05) is 25.4 Å². The standard InChI is InChI=1S/C12H19F3N2O4.C11H8ClN3/c1-7(16-10(20)12(13,14)15)4-17-6-11(2,3)21-5-8(17)9(18)19;12-6-3-8-7-1-2-14-5-10(7)15-11(8)9(13)4-6/h7-8H,4-6H2,1-3H3,(H,16,20)(H,18,19);1-5,15H,13H2. The molecule has 1 amide bonds. The summed E-state index contributed by atoms with van der Waals surface area (Å²) in [6.07, 6.45) is -1.42. The molecule has 1 fully saturated rings. The van der Waals surface area contributed by atoms with Gasteiger partial charge in [0.25, 0.3) is 0 Å². The number of halogens is 4. The van der Waals surface area contributed by atoms with E-state index < -0.39 is 35.7 Å². The van der Waals surface area contributed by atoms with E-state index in [0.29, 0.717) is 10.7 Å². The van der Waals surface area contributed by atoms with Gasteiger partial charge in [0.05, 0.1) is 35.1 Å². The molecule has 196 valence electrons. The minimum Gasteiger partial charge on any atom is -0.480 e. The fourth-order valence-electron chi connectivity index (χ4n) is 4.02. The van der Waals surface area contributed by atoms with Gasteiger partial charge in [0.15, 0.2) is 0 Å². The van der Waals surface area contributed by atoms with Crippen LogP contribution in [0.5, 0.6) is 0 Å². The van der Waals surface area contributed by atoms with Crippen molar-refractivity contribution in [3.8, 4) is 0 Å². The number of carboxylic acid groups (broad SMARTS) is 1. The third-order valence-electron chi connectivity index (χ3n) is 5.59. The molecule has 4 rings (SSSR count). The van der Waals surface area contributed by atoms with Crippen LogP contribution in [0, 0.1) is 0 Å². The van der Waals surface area contributed by atoms with Crippen LogP contribution in [0.4, 0.5) is 18.9 Å². The van der Waals surface area contributed by atoms with Crippen molar-refractivity contribution in [3.05, 3.63) is 35.6 Å². The summed E-state index contributed by atoms with van der Waals surface area (Å²) in [5.41, 5.74) is 7.84. The lowest BCUT2D eigenvalue weighted by atomic mass is 10.0. The predicted molar refractivity (Wildman–Crippen MR) is 130 cm³/mol. The van der Waals surface area contributed by atoms with Gasteiger partial charge in [-0.2, -0.15) is 13.2 Å². The molecule has 0 bridgehead atoms. The summed E-state index contributed by atoms with van der Waals surface area (Å²) in [5.74, 6) is -3.14.